The summed E-state index contributed by atoms with van der Waals surface area (Å²) in [7, 11) is 0. The topological polar surface area (TPSA) is 55.4 Å². The molecule has 0 aromatic heterocycles. The van der Waals surface area contributed by atoms with E-state index >= 15 is 0 Å². The number of carbonyl (C=O) groups excluding carboxylic acids is 2. The fourth-order valence-corrected chi connectivity index (χ4v) is 2.33. The minimum absolute atomic E-state index is 0.226. The molecule has 0 atom stereocenters. The maximum absolute atomic E-state index is 12.2. The number of ether oxygens (including phenoxy) is 1. The van der Waals surface area contributed by atoms with Crippen molar-refractivity contribution in [2.24, 2.45) is 0 Å². The van der Waals surface area contributed by atoms with Crippen LogP contribution in [0.25, 0.3) is 0 Å². The van der Waals surface area contributed by atoms with Crippen LogP contribution in [0.15, 0.2) is 42.5 Å². The number of anilines is 1. The largest absolute Gasteiger partial charge is 0.462 e. The predicted octanol–water partition coefficient (Wildman–Crippen LogP) is 4.37. The van der Waals surface area contributed by atoms with Crippen LogP contribution < -0.4 is 5.32 Å². The van der Waals surface area contributed by atoms with E-state index < -0.39 is 5.97 Å². The van der Waals surface area contributed by atoms with Gasteiger partial charge in [0.1, 0.15) is 0 Å². The Balaban J connectivity index is 2.19. The normalized spacial score (nSPS) is 10.1. The van der Waals surface area contributed by atoms with Gasteiger partial charge in [0.25, 0.3) is 5.91 Å². The fraction of sp³-hybridized carbons (Fsp3) is 0.125. The smallest absolute Gasteiger partial charge is 0.339 e. The summed E-state index contributed by atoms with van der Waals surface area (Å²) in [5.41, 5.74) is 1.24. The summed E-state index contributed by atoms with van der Waals surface area (Å²) in [6.07, 6.45) is 0. The van der Waals surface area contributed by atoms with E-state index in [4.69, 9.17) is 16.3 Å². The number of nitrogens with one attached hydrogen (secondary N) is 1. The van der Waals surface area contributed by atoms with Crippen LogP contribution in [0.2, 0.25) is 5.02 Å². The lowest BCUT2D eigenvalue weighted by atomic mass is 10.1. The summed E-state index contributed by atoms with van der Waals surface area (Å²) in [4.78, 5) is 23.9. The number of esters is 1. The number of hydrogen-bond donors (Lipinski definition) is 1. The maximum Gasteiger partial charge on any atom is 0.339 e. The average molecular weight is 430 g/mol. The highest BCUT2D eigenvalue weighted by atomic mass is 127. The lowest BCUT2D eigenvalue weighted by Crippen LogP contribution is -2.13. The first-order valence-corrected chi connectivity index (χ1v) is 8.00. The van der Waals surface area contributed by atoms with Gasteiger partial charge in [-0.15, -0.1) is 0 Å². The lowest BCUT2D eigenvalue weighted by molar-refractivity contribution is 0.0526. The third kappa shape index (κ3) is 4.20. The van der Waals surface area contributed by atoms with Crippen molar-refractivity contribution in [2.75, 3.05) is 11.9 Å². The van der Waals surface area contributed by atoms with Crippen LogP contribution in [0, 0.1) is 3.57 Å². The van der Waals surface area contributed by atoms with Gasteiger partial charge in [-0.2, -0.15) is 0 Å². The number of amides is 1. The molecule has 0 unspecified atom stereocenters. The van der Waals surface area contributed by atoms with Crippen molar-refractivity contribution in [3.8, 4) is 0 Å². The first-order valence-electron chi connectivity index (χ1n) is 6.55. The summed E-state index contributed by atoms with van der Waals surface area (Å²) < 4.78 is 5.98. The lowest BCUT2D eigenvalue weighted by Gasteiger charge is -2.09. The standard InChI is InChI=1S/C16H13ClINO3/c1-2-22-16(21)13-9-12(7-8-14(13)17)19-15(20)10-3-5-11(18)6-4-10/h3-9H,2H2,1H3,(H,19,20). The highest BCUT2D eigenvalue weighted by Crippen LogP contribution is 2.22. The highest BCUT2D eigenvalue weighted by Gasteiger charge is 2.13. The predicted molar refractivity (Wildman–Crippen MR) is 94.5 cm³/mol. The van der Waals surface area contributed by atoms with E-state index in [1.54, 1.807) is 31.2 Å². The Hall–Kier alpha value is -1.60. The summed E-state index contributed by atoms with van der Waals surface area (Å²) in [6.45, 7) is 1.97. The second kappa shape index (κ2) is 7.60. The van der Waals surface area contributed by atoms with Gasteiger partial charge in [-0.1, -0.05) is 11.6 Å². The third-order valence-electron chi connectivity index (χ3n) is 2.83. The van der Waals surface area contributed by atoms with E-state index in [0.717, 1.165) is 3.57 Å². The zero-order chi connectivity index (χ0) is 16.1. The molecule has 0 radical (unpaired) electrons. The van der Waals surface area contributed by atoms with Crippen LogP contribution >= 0.6 is 34.2 Å². The van der Waals surface area contributed by atoms with Crippen LogP contribution in [0.4, 0.5) is 5.69 Å². The maximum atomic E-state index is 12.2. The molecule has 114 valence electrons. The molecule has 1 N–H and O–H groups in total. The van der Waals surface area contributed by atoms with E-state index in [1.807, 2.05) is 12.1 Å². The molecular formula is C16H13ClINO3. The zero-order valence-electron chi connectivity index (χ0n) is 11.7. The number of halogens is 2. The van der Waals surface area contributed by atoms with Crippen molar-refractivity contribution in [3.05, 3.63) is 62.2 Å². The van der Waals surface area contributed by atoms with E-state index in [1.165, 1.54) is 6.07 Å². The minimum atomic E-state index is -0.516. The molecular weight excluding hydrogens is 417 g/mol. The molecule has 22 heavy (non-hydrogen) atoms. The SMILES string of the molecule is CCOC(=O)c1cc(NC(=O)c2ccc(I)cc2)ccc1Cl. The Morgan fingerprint density at radius 2 is 1.86 bits per heavy atom. The number of carbonyl (C=O) groups is 2. The Morgan fingerprint density at radius 1 is 1.18 bits per heavy atom. The molecule has 4 nitrogen and oxygen atoms in total. The van der Waals surface area contributed by atoms with Gasteiger partial charge in [0.05, 0.1) is 17.2 Å². The molecule has 1 amide bonds. The molecule has 2 aromatic carbocycles. The van der Waals surface area contributed by atoms with Crippen LogP contribution in [0.5, 0.6) is 0 Å². The second-order valence-electron chi connectivity index (χ2n) is 4.38. The van der Waals surface area contributed by atoms with Crippen LogP contribution in [0.1, 0.15) is 27.6 Å². The van der Waals surface area contributed by atoms with Gasteiger partial charge in [0, 0.05) is 14.8 Å². The summed E-state index contributed by atoms with van der Waals surface area (Å²) in [6, 6.07) is 11.9. The van der Waals surface area contributed by atoms with Crippen LogP contribution in [-0.2, 0) is 4.74 Å². The molecule has 2 rings (SSSR count). The van der Waals surface area contributed by atoms with Crippen LogP contribution in [-0.4, -0.2) is 18.5 Å². The average Bonchev–Trinajstić information content (AvgIpc) is 2.50. The first kappa shape index (κ1) is 16.8. The number of hydrogen-bond acceptors (Lipinski definition) is 3. The van der Waals surface area contributed by atoms with Gasteiger partial charge in [-0.05, 0) is 72.0 Å². The van der Waals surface area contributed by atoms with Crippen LogP contribution in [0.3, 0.4) is 0 Å². The number of rotatable bonds is 4. The second-order valence-corrected chi connectivity index (χ2v) is 6.03. The molecule has 0 fully saturated rings. The minimum Gasteiger partial charge on any atom is -0.462 e. The van der Waals surface area contributed by atoms with Gasteiger partial charge < -0.3 is 10.1 Å². The monoisotopic (exact) mass is 429 g/mol. The Kier molecular flexibility index (Phi) is 5.79. The van der Waals surface area contributed by atoms with Gasteiger partial charge in [0.15, 0.2) is 0 Å². The van der Waals surface area contributed by atoms with Gasteiger partial charge in [0.2, 0.25) is 0 Å². The third-order valence-corrected chi connectivity index (χ3v) is 3.87. The molecule has 0 aliphatic heterocycles. The Labute approximate surface area is 146 Å². The molecule has 6 heteroatoms. The molecule has 0 aliphatic rings. The van der Waals surface area contributed by atoms with Crippen molar-refractivity contribution >= 4 is 51.8 Å². The Bertz CT molecular complexity index is 701. The molecule has 0 aliphatic carbocycles. The Morgan fingerprint density at radius 3 is 2.50 bits per heavy atom. The molecule has 0 heterocycles. The quantitative estimate of drug-likeness (QED) is 0.580. The van der Waals surface area contributed by atoms with Crippen molar-refractivity contribution in [1.29, 1.82) is 0 Å². The summed E-state index contributed by atoms with van der Waals surface area (Å²) >= 11 is 8.15. The molecule has 2 aromatic rings. The van der Waals surface area contributed by atoms with Gasteiger partial charge in [-0.3, -0.25) is 4.79 Å². The number of benzene rings is 2. The van der Waals surface area contributed by atoms with E-state index in [-0.39, 0.29) is 23.1 Å². The first-order chi connectivity index (χ1) is 10.5. The van der Waals surface area contributed by atoms with E-state index in [0.29, 0.717) is 11.3 Å². The van der Waals surface area contributed by atoms with Gasteiger partial charge in [-0.25, -0.2) is 4.79 Å². The molecule has 0 saturated heterocycles. The van der Waals surface area contributed by atoms with Crippen molar-refractivity contribution < 1.29 is 14.3 Å². The molecule has 0 bridgehead atoms. The van der Waals surface area contributed by atoms with Crippen molar-refractivity contribution in [3.63, 3.8) is 0 Å². The van der Waals surface area contributed by atoms with E-state index in [2.05, 4.69) is 27.9 Å². The van der Waals surface area contributed by atoms with Crippen molar-refractivity contribution in [1.82, 2.24) is 0 Å². The molecule has 0 saturated carbocycles. The van der Waals surface area contributed by atoms with Crippen molar-refractivity contribution in [2.45, 2.75) is 6.92 Å². The zero-order valence-corrected chi connectivity index (χ0v) is 14.6. The van der Waals surface area contributed by atoms with E-state index in [9.17, 15) is 9.59 Å². The highest BCUT2D eigenvalue weighted by molar-refractivity contribution is 14.1. The summed E-state index contributed by atoms with van der Waals surface area (Å²) in [5, 5.41) is 3.02. The molecule has 0 spiro atoms. The van der Waals surface area contributed by atoms with Gasteiger partial charge >= 0.3 is 5.97 Å². The fourth-order valence-electron chi connectivity index (χ4n) is 1.77. The summed E-state index contributed by atoms with van der Waals surface area (Å²) in [5.74, 6) is -0.772.